The Morgan fingerprint density at radius 2 is 2.20 bits per heavy atom. The van der Waals surface area contributed by atoms with Gasteiger partial charge in [0, 0.05) is 26.6 Å². The molecular formula is C9H19N3O3. The summed E-state index contributed by atoms with van der Waals surface area (Å²) in [7, 11) is 1.56. The first kappa shape index (κ1) is 13.7. The van der Waals surface area contributed by atoms with E-state index in [0.717, 1.165) is 0 Å². The molecule has 1 amide bonds. The summed E-state index contributed by atoms with van der Waals surface area (Å²) in [6.07, 6.45) is 0.740. The topological polar surface area (TPSA) is 88.1 Å². The molecule has 0 bridgehead atoms. The lowest BCUT2D eigenvalue weighted by atomic mass is 10.3. The quantitative estimate of drug-likeness (QED) is 0.272. The SMILES string of the molecule is CCN(CCC(N)=NO)C(=O)CCOC. The molecule has 0 heterocycles. The molecule has 15 heavy (non-hydrogen) atoms. The minimum Gasteiger partial charge on any atom is -0.409 e. The van der Waals surface area contributed by atoms with Crippen LogP contribution in [-0.2, 0) is 9.53 Å². The number of rotatable bonds is 7. The van der Waals surface area contributed by atoms with E-state index >= 15 is 0 Å². The third-order valence-corrected chi connectivity index (χ3v) is 2.02. The molecule has 0 aromatic rings. The molecule has 0 spiro atoms. The van der Waals surface area contributed by atoms with Crippen LogP contribution in [0.2, 0.25) is 0 Å². The van der Waals surface area contributed by atoms with Crippen LogP contribution in [-0.4, -0.2) is 48.7 Å². The van der Waals surface area contributed by atoms with Crippen molar-refractivity contribution in [2.45, 2.75) is 19.8 Å². The Labute approximate surface area is 89.7 Å². The van der Waals surface area contributed by atoms with E-state index in [2.05, 4.69) is 5.16 Å². The molecule has 0 rings (SSSR count). The second kappa shape index (κ2) is 8.05. The van der Waals surface area contributed by atoms with Gasteiger partial charge in [0.05, 0.1) is 13.0 Å². The molecule has 6 nitrogen and oxygen atoms in total. The summed E-state index contributed by atoms with van der Waals surface area (Å²) in [6, 6.07) is 0. The number of ether oxygens (including phenoxy) is 1. The molecule has 0 saturated carbocycles. The van der Waals surface area contributed by atoms with Gasteiger partial charge in [-0.25, -0.2) is 0 Å². The van der Waals surface area contributed by atoms with Crippen LogP contribution in [0.5, 0.6) is 0 Å². The van der Waals surface area contributed by atoms with Crippen LogP contribution >= 0.6 is 0 Å². The van der Waals surface area contributed by atoms with Crippen molar-refractivity contribution in [1.29, 1.82) is 0 Å². The van der Waals surface area contributed by atoms with E-state index in [1.54, 1.807) is 12.0 Å². The Morgan fingerprint density at radius 1 is 1.53 bits per heavy atom. The lowest BCUT2D eigenvalue weighted by Gasteiger charge is -2.20. The van der Waals surface area contributed by atoms with Crippen LogP contribution in [0.3, 0.4) is 0 Å². The van der Waals surface area contributed by atoms with Gasteiger partial charge >= 0.3 is 0 Å². The van der Waals surface area contributed by atoms with E-state index in [1.807, 2.05) is 6.92 Å². The van der Waals surface area contributed by atoms with Crippen molar-refractivity contribution in [2.24, 2.45) is 10.9 Å². The van der Waals surface area contributed by atoms with E-state index in [0.29, 0.717) is 32.5 Å². The van der Waals surface area contributed by atoms with Crippen molar-refractivity contribution >= 4 is 11.7 Å². The molecule has 0 aromatic heterocycles. The lowest BCUT2D eigenvalue weighted by molar-refractivity contribution is -0.131. The fraction of sp³-hybridized carbons (Fsp3) is 0.778. The Kier molecular flexibility index (Phi) is 7.35. The van der Waals surface area contributed by atoms with Crippen molar-refractivity contribution in [3.63, 3.8) is 0 Å². The fourth-order valence-electron chi connectivity index (χ4n) is 1.11. The normalized spacial score (nSPS) is 11.5. The maximum absolute atomic E-state index is 11.5. The van der Waals surface area contributed by atoms with Crippen molar-refractivity contribution in [3.05, 3.63) is 0 Å². The molecule has 0 fully saturated rings. The Bertz CT molecular complexity index is 219. The van der Waals surface area contributed by atoms with Gasteiger partial charge in [-0.05, 0) is 6.92 Å². The molecular weight excluding hydrogens is 198 g/mol. The number of amidine groups is 1. The van der Waals surface area contributed by atoms with Crippen molar-refractivity contribution in [3.8, 4) is 0 Å². The molecule has 0 unspecified atom stereocenters. The van der Waals surface area contributed by atoms with Crippen LogP contribution in [0.1, 0.15) is 19.8 Å². The second-order valence-corrected chi connectivity index (χ2v) is 3.06. The first-order valence-electron chi connectivity index (χ1n) is 4.88. The zero-order valence-corrected chi connectivity index (χ0v) is 9.27. The van der Waals surface area contributed by atoms with Gasteiger partial charge in [0.15, 0.2) is 0 Å². The molecule has 0 saturated heterocycles. The Balaban J connectivity index is 3.95. The number of oxime groups is 1. The Morgan fingerprint density at radius 3 is 2.67 bits per heavy atom. The molecule has 88 valence electrons. The van der Waals surface area contributed by atoms with Gasteiger partial charge in [0.25, 0.3) is 0 Å². The predicted molar refractivity (Wildman–Crippen MR) is 56.8 cm³/mol. The van der Waals surface area contributed by atoms with E-state index in [-0.39, 0.29) is 11.7 Å². The average Bonchev–Trinajstić information content (AvgIpc) is 2.26. The Hall–Kier alpha value is -1.30. The summed E-state index contributed by atoms with van der Waals surface area (Å²) in [4.78, 5) is 13.2. The number of hydrogen-bond donors (Lipinski definition) is 2. The average molecular weight is 217 g/mol. The van der Waals surface area contributed by atoms with Crippen LogP contribution in [0.15, 0.2) is 5.16 Å². The standard InChI is InChI=1S/C9H19N3O3/c1-3-12(6-4-8(10)11-14)9(13)5-7-15-2/h14H,3-7H2,1-2H3,(H2,10,11). The van der Waals surface area contributed by atoms with E-state index in [9.17, 15) is 4.79 Å². The van der Waals surface area contributed by atoms with Gasteiger partial charge in [0.2, 0.25) is 5.91 Å². The minimum absolute atomic E-state index is 0.0186. The second-order valence-electron chi connectivity index (χ2n) is 3.06. The molecule has 3 N–H and O–H groups in total. The smallest absolute Gasteiger partial charge is 0.224 e. The summed E-state index contributed by atoms with van der Waals surface area (Å²) >= 11 is 0. The lowest BCUT2D eigenvalue weighted by Crippen LogP contribution is -2.34. The van der Waals surface area contributed by atoms with Gasteiger partial charge in [-0.1, -0.05) is 5.16 Å². The summed E-state index contributed by atoms with van der Waals surface area (Å²) in [6.45, 7) is 3.38. The van der Waals surface area contributed by atoms with Crippen LogP contribution < -0.4 is 5.73 Å². The highest BCUT2D eigenvalue weighted by atomic mass is 16.5. The summed E-state index contributed by atoms with van der Waals surface area (Å²) < 4.78 is 4.82. The molecule has 0 aliphatic rings. The zero-order valence-electron chi connectivity index (χ0n) is 9.27. The largest absolute Gasteiger partial charge is 0.409 e. The first-order chi connectivity index (χ1) is 7.15. The van der Waals surface area contributed by atoms with Gasteiger partial charge in [-0.2, -0.15) is 0 Å². The van der Waals surface area contributed by atoms with Gasteiger partial charge in [-0.3, -0.25) is 4.79 Å². The molecule has 6 heteroatoms. The maximum Gasteiger partial charge on any atom is 0.224 e. The number of amides is 1. The third-order valence-electron chi connectivity index (χ3n) is 2.02. The van der Waals surface area contributed by atoms with E-state index < -0.39 is 0 Å². The number of methoxy groups -OCH3 is 1. The predicted octanol–water partition coefficient (Wildman–Crippen LogP) is 0.00790. The number of carbonyl (C=O) groups excluding carboxylic acids is 1. The highest BCUT2D eigenvalue weighted by molar-refractivity contribution is 5.81. The van der Waals surface area contributed by atoms with Gasteiger partial charge in [-0.15, -0.1) is 0 Å². The number of hydrogen-bond acceptors (Lipinski definition) is 4. The van der Waals surface area contributed by atoms with E-state index in [1.165, 1.54) is 0 Å². The fourth-order valence-corrected chi connectivity index (χ4v) is 1.11. The summed E-state index contributed by atoms with van der Waals surface area (Å²) in [5.41, 5.74) is 5.31. The highest BCUT2D eigenvalue weighted by Gasteiger charge is 2.11. The first-order valence-corrected chi connectivity index (χ1v) is 4.88. The van der Waals surface area contributed by atoms with Crippen molar-refractivity contribution in [1.82, 2.24) is 4.90 Å². The number of nitrogens with two attached hydrogens (primary N) is 1. The zero-order chi connectivity index (χ0) is 11.7. The van der Waals surface area contributed by atoms with Gasteiger partial charge < -0.3 is 20.6 Å². The van der Waals surface area contributed by atoms with Gasteiger partial charge in [0.1, 0.15) is 5.84 Å². The number of carbonyl (C=O) groups is 1. The molecule has 0 aliphatic heterocycles. The molecule has 0 aromatic carbocycles. The summed E-state index contributed by atoms with van der Waals surface area (Å²) in [5, 5.41) is 11.2. The van der Waals surface area contributed by atoms with Crippen molar-refractivity contribution < 1.29 is 14.7 Å². The summed E-state index contributed by atoms with van der Waals surface area (Å²) in [5.74, 6) is 0.151. The van der Waals surface area contributed by atoms with Crippen LogP contribution in [0.25, 0.3) is 0 Å². The third kappa shape index (κ3) is 5.90. The maximum atomic E-state index is 11.5. The molecule has 0 atom stereocenters. The number of nitrogens with zero attached hydrogens (tertiary/aromatic N) is 2. The van der Waals surface area contributed by atoms with Crippen LogP contribution in [0, 0.1) is 0 Å². The molecule has 0 radical (unpaired) electrons. The monoisotopic (exact) mass is 217 g/mol. The van der Waals surface area contributed by atoms with Crippen LogP contribution in [0.4, 0.5) is 0 Å². The minimum atomic E-state index is 0.0186. The van der Waals surface area contributed by atoms with E-state index in [4.69, 9.17) is 15.7 Å². The van der Waals surface area contributed by atoms with Crippen molar-refractivity contribution in [2.75, 3.05) is 26.8 Å². The highest BCUT2D eigenvalue weighted by Crippen LogP contribution is 1.97. The molecule has 0 aliphatic carbocycles.